The number of primary amides is 1. The number of carbonyl (C=O) groups is 3. The topological polar surface area (TPSA) is 137 Å². The van der Waals surface area contributed by atoms with Gasteiger partial charge in [0, 0.05) is 11.3 Å². The highest BCUT2D eigenvalue weighted by atomic mass is 16.7. The highest BCUT2D eigenvalue weighted by Crippen LogP contribution is 2.04. The first kappa shape index (κ1) is 14.5. The van der Waals surface area contributed by atoms with E-state index in [4.69, 9.17) is 11.5 Å². The van der Waals surface area contributed by atoms with Gasteiger partial charge in [0.15, 0.2) is 6.61 Å². The lowest BCUT2D eigenvalue weighted by Gasteiger charge is -2.06. The average molecular weight is 266 g/mol. The van der Waals surface area contributed by atoms with E-state index in [1.165, 1.54) is 12.1 Å². The molecular formula is C11H14N4O4. The summed E-state index contributed by atoms with van der Waals surface area (Å²) in [5.74, 6) is -1.75. The number of amides is 3. The molecule has 19 heavy (non-hydrogen) atoms. The summed E-state index contributed by atoms with van der Waals surface area (Å²) in [5, 5.41) is 2.37. The first-order chi connectivity index (χ1) is 8.99. The summed E-state index contributed by atoms with van der Waals surface area (Å²) < 4.78 is 0. The largest absolute Gasteiger partial charge is 0.399 e. The maximum Gasteiger partial charge on any atom is 0.262 e. The summed E-state index contributed by atoms with van der Waals surface area (Å²) in [5.41, 5.74) is 13.1. The zero-order valence-corrected chi connectivity index (χ0v) is 10.0. The van der Waals surface area contributed by atoms with E-state index >= 15 is 0 Å². The van der Waals surface area contributed by atoms with E-state index in [0.29, 0.717) is 11.3 Å². The molecule has 3 amide bonds. The highest BCUT2D eigenvalue weighted by molar-refractivity contribution is 5.96. The number of rotatable bonds is 6. The molecule has 0 unspecified atom stereocenters. The van der Waals surface area contributed by atoms with E-state index in [-0.39, 0.29) is 6.54 Å². The van der Waals surface area contributed by atoms with Gasteiger partial charge < -0.3 is 16.8 Å². The van der Waals surface area contributed by atoms with E-state index in [1.807, 2.05) is 5.48 Å². The Morgan fingerprint density at radius 1 is 1.16 bits per heavy atom. The number of nitrogen functional groups attached to an aromatic ring is 1. The first-order valence-corrected chi connectivity index (χ1v) is 5.31. The molecule has 102 valence electrons. The van der Waals surface area contributed by atoms with Crippen LogP contribution in [0.5, 0.6) is 0 Å². The molecule has 0 aliphatic carbocycles. The molecule has 8 heteroatoms. The van der Waals surface area contributed by atoms with Crippen LogP contribution in [0.25, 0.3) is 0 Å². The summed E-state index contributed by atoms with van der Waals surface area (Å²) in [4.78, 5) is 37.6. The van der Waals surface area contributed by atoms with Crippen molar-refractivity contribution < 1.29 is 19.2 Å². The summed E-state index contributed by atoms with van der Waals surface area (Å²) in [6.45, 7) is -0.723. The molecule has 8 nitrogen and oxygen atoms in total. The Labute approximate surface area is 109 Å². The monoisotopic (exact) mass is 266 g/mol. The molecule has 0 aliphatic heterocycles. The lowest BCUT2D eigenvalue weighted by atomic mass is 10.2. The molecule has 0 saturated carbocycles. The Morgan fingerprint density at radius 2 is 1.79 bits per heavy atom. The molecular weight excluding hydrogens is 252 g/mol. The Kier molecular flexibility index (Phi) is 5.30. The Hall–Kier alpha value is -2.61. The minimum absolute atomic E-state index is 0.290. The third kappa shape index (κ3) is 5.50. The minimum atomic E-state index is -0.716. The predicted molar refractivity (Wildman–Crippen MR) is 66.5 cm³/mol. The van der Waals surface area contributed by atoms with Gasteiger partial charge in [-0.1, -0.05) is 0 Å². The van der Waals surface area contributed by atoms with Gasteiger partial charge in [0.05, 0.1) is 6.54 Å². The van der Waals surface area contributed by atoms with E-state index in [9.17, 15) is 14.4 Å². The average Bonchev–Trinajstić information content (AvgIpc) is 2.36. The van der Waals surface area contributed by atoms with Gasteiger partial charge >= 0.3 is 0 Å². The Morgan fingerprint density at radius 3 is 2.37 bits per heavy atom. The summed E-state index contributed by atoms with van der Waals surface area (Å²) in [6.07, 6.45) is 0. The molecule has 0 radical (unpaired) electrons. The zero-order valence-electron chi connectivity index (χ0n) is 10.0. The molecule has 1 aromatic rings. The Bertz CT molecular complexity index is 472. The third-order valence-electron chi connectivity index (χ3n) is 1.98. The van der Waals surface area contributed by atoms with Crippen molar-refractivity contribution in [2.75, 3.05) is 18.9 Å². The fourth-order valence-electron chi connectivity index (χ4n) is 1.12. The van der Waals surface area contributed by atoms with Crippen LogP contribution in [0, 0.1) is 0 Å². The van der Waals surface area contributed by atoms with Crippen molar-refractivity contribution in [3.8, 4) is 0 Å². The second-order valence-corrected chi connectivity index (χ2v) is 3.58. The quantitative estimate of drug-likeness (QED) is 0.368. The maximum atomic E-state index is 11.6. The predicted octanol–water partition coefficient (Wildman–Crippen LogP) is -1.47. The SMILES string of the molecule is NC(=O)CONC(=O)CNC(=O)c1ccc(N)cc1. The number of nitrogens with one attached hydrogen (secondary N) is 2. The molecule has 1 rings (SSSR count). The number of hydrogen-bond acceptors (Lipinski definition) is 5. The van der Waals surface area contributed by atoms with Crippen LogP contribution in [0.15, 0.2) is 24.3 Å². The van der Waals surface area contributed by atoms with Crippen molar-refractivity contribution in [3.63, 3.8) is 0 Å². The number of hydrogen-bond donors (Lipinski definition) is 4. The van der Waals surface area contributed by atoms with Crippen LogP contribution in [-0.4, -0.2) is 30.9 Å². The fraction of sp³-hybridized carbons (Fsp3) is 0.182. The number of benzene rings is 1. The van der Waals surface area contributed by atoms with Gasteiger partial charge in [0.25, 0.3) is 11.8 Å². The number of hydroxylamine groups is 1. The van der Waals surface area contributed by atoms with E-state index in [0.717, 1.165) is 0 Å². The molecule has 0 aliphatic rings. The van der Waals surface area contributed by atoms with Crippen molar-refractivity contribution in [1.29, 1.82) is 0 Å². The van der Waals surface area contributed by atoms with Crippen LogP contribution >= 0.6 is 0 Å². The molecule has 6 N–H and O–H groups in total. The second-order valence-electron chi connectivity index (χ2n) is 3.58. The smallest absolute Gasteiger partial charge is 0.262 e. The highest BCUT2D eigenvalue weighted by Gasteiger charge is 2.08. The molecule has 0 saturated heterocycles. The van der Waals surface area contributed by atoms with Crippen molar-refractivity contribution in [2.24, 2.45) is 5.73 Å². The van der Waals surface area contributed by atoms with Crippen LogP contribution < -0.4 is 22.3 Å². The number of nitrogens with two attached hydrogens (primary N) is 2. The van der Waals surface area contributed by atoms with Gasteiger partial charge in [0.1, 0.15) is 0 Å². The van der Waals surface area contributed by atoms with Gasteiger partial charge in [-0.25, -0.2) is 5.48 Å². The molecule has 0 bridgehead atoms. The molecule has 0 aromatic heterocycles. The first-order valence-electron chi connectivity index (χ1n) is 5.31. The summed E-state index contributed by atoms with van der Waals surface area (Å²) in [6, 6.07) is 6.22. The molecule has 1 aromatic carbocycles. The lowest BCUT2D eigenvalue weighted by Crippen LogP contribution is -2.38. The lowest BCUT2D eigenvalue weighted by molar-refractivity contribution is -0.137. The van der Waals surface area contributed by atoms with Crippen molar-refractivity contribution >= 4 is 23.4 Å². The van der Waals surface area contributed by atoms with E-state index in [1.54, 1.807) is 12.1 Å². The standard InChI is InChI=1S/C11H14N4O4/c12-8-3-1-7(2-4-8)11(18)14-5-10(17)15-19-6-9(13)16/h1-4H,5-6,12H2,(H2,13,16)(H,14,18)(H,15,17). The van der Waals surface area contributed by atoms with Crippen molar-refractivity contribution in [3.05, 3.63) is 29.8 Å². The second kappa shape index (κ2) is 6.97. The molecule has 0 fully saturated rings. The summed E-state index contributed by atoms with van der Waals surface area (Å²) in [7, 11) is 0. The van der Waals surface area contributed by atoms with E-state index < -0.39 is 24.3 Å². The van der Waals surface area contributed by atoms with Gasteiger partial charge in [0.2, 0.25) is 5.91 Å². The van der Waals surface area contributed by atoms with Crippen molar-refractivity contribution in [2.45, 2.75) is 0 Å². The van der Waals surface area contributed by atoms with E-state index in [2.05, 4.69) is 10.2 Å². The normalized spacial score (nSPS) is 9.68. The van der Waals surface area contributed by atoms with Crippen LogP contribution in [0.3, 0.4) is 0 Å². The van der Waals surface area contributed by atoms with Gasteiger partial charge in [-0.15, -0.1) is 0 Å². The number of carbonyl (C=O) groups excluding carboxylic acids is 3. The Balaban J connectivity index is 2.31. The zero-order chi connectivity index (χ0) is 14.3. The molecule has 0 heterocycles. The van der Waals surface area contributed by atoms with Gasteiger partial charge in [-0.05, 0) is 24.3 Å². The molecule has 0 atom stereocenters. The number of anilines is 1. The van der Waals surface area contributed by atoms with Crippen LogP contribution in [0.4, 0.5) is 5.69 Å². The minimum Gasteiger partial charge on any atom is -0.399 e. The fourth-order valence-corrected chi connectivity index (χ4v) is 1.12. The van der Waals surface area contributed by atoms with Crippen LogP contribution in [0.2, 0.25) is 0 Å². The molecule has 0 spiro atoms. The van der Waals surface area contributed by atoms with Crippen LogP contribution in [0.1, 0.15) is 10.4 Å². The third-order valence-corrected chi connectivity index (χ3v) is 1.98. The van der Waals surface area contributed by atoms with Gasteiger partial charge in [-0.3, -0.25) is 19.2 Å². The van der Waals surface area contributed by atoms with Crippen molar-refractivity contribution in [1.82, 2.24) is 10.8 Å². The maximum absolute atomic E-state index is 11.6. The summed E-state index contributed by atoms with van der Waals surface area (Å²) >= 11 is 0. The van der Waals surface area contributed by atoms with Crippen LogP contribution in [-0.2, 0) is 14.4 Å². The van der Waals surface area contributed by atoms with Gasteiger partial charge in [-0.2, -0.15) is 0 Å².